The average molecular weight is 409 g/mol. The number of nitrogens with zero attached hydrogens (tertiary/aromatic N) is 1. The monoisotopic (exact) mass is 409 g/mol. The first kappa shape index (κ1) is 18.9. The van der Waals surface area contributed by atoms with E-state index in [0.29, 0.717) is 21.2 Å². The van der Waals surface area contributed by atoms with Crippen LogP contribution in [-0.2, 0) is 4.79 Å². The lowest BCUT2D eigenvalue weighted by atomic mass is 10.00. The molecule has 2 aliphatic rings. The fourth-order valence-electron chi connectivity index (χ4n) is 3.79. The molecule has 0 radical (unpaired) electrons. The number of rotatable bonds is 4. The number of alkyl halides is 3. The molecule has 0 aliphatic carbocycles. The zero-order chi connectivity index (χ0) is 19.9. The minimum atomic E-state index is -4.97. The van der Waals surface area contributed by atoms with Gasteiger partial charge in [0.15, 0.2) is 0 Å². The summed E-state index contributed by atoms with van der Waals surface area (Å²) in [6.45, 7) is 2.97. The summed E-state index contributed by atoms with van der Waals surface area (Å²) in [5.74, 6) is -1.71. The molecule has 1 aromatic heterocycles. The molecular formula is C19H18F3N3O2S. The van der Waals surface area contributed by atoms with Crippen molar-refractivity contribution in [1.29, 1.82) is 0 Å². The van der Waals surface area contributed by atoms with Crippen molar-refractivity contribution in [1.82, 2.24) is 10.2 Å². The van der Waals surface area contributed by atoms with E-state index in [2.05, 4.69) is 10.2 Å². The van der Waals surface area contributed by atoms with Gasteiger partial charge < -0.3 is 15.5 Å². The van der Waals surface area contributed by atoms with Gasteiger partial charge in [-0.15, -0.1) is 11.3 Å². The Labute approximate surface area is 163 Å². The van der Waals surface area contributed by atoms with Crippen LogP contribution in [0.5, 0.6) is 0 Å². The lowest BCUT2D eigenvalue weighted by Crippen LogP contribution is -2.42. The number of carbonyl (C=O) groups excluding carboxylic acids is 2. The summed E-state index contributed by atoms with van der Waals surface area (Å²) in [6.07, 6.45) is -3.88. The van der Waals surface area contributed by atoms with Gasteiger partial charge in [-0.05, 0) is 37.1 Å². The highest BCUT2D eigenvalue weighted by atomic mass is 32.1. The first-order valence-electron chi connectivity index (χ1n) is 8.92. The van der Waals surface area contributed by atoms with Crippen molar-refractivity contribution in [3.05, 3.63) is 41.3 Å². The minimum absolute atomic E-state index is 0.0551. The maximum Gasteiger partial charge on any atom is 0.471 e. The van der Waals surface area contributed by atoms with Gasteiger partial charge in [0.2, 0.25) is 0 Å². The van der Waals surface area contributed by atoms with E-state index >= 15 is 0 Å². The van der Waals surface area contributed by atoms with Gasteiger partial charge in [-0.1, -0.05) is 18.2 Å². The predicted octanol–water partition coefficient (Wildman–Crippen LogP) is 3.35. The van der Waals surface area contributed by atoms with Crippen LogP contribution in [0.1, 0.15) is 16.1 Å². The Kier molecular flexibility index (Phi) is 4.88. The zero-order valence-corrected chi connectivity index (χ0v) is 15.6. The summed E-state index contributed by atoms with van der Waals surface area (Å²) in [5.41, 5.74) is 0.495. The molecule has 4 rings (SSSR count). The number of thiophene rings is 1. The molecule has 2 amide bonds. The second-order valence-electron chi connectivity index (χ2n) is 7.05. The van der Waals surface area contributed by atoms with Crippen LogP contribution in [0.3, 0.4) is 0 Å². The quantitative estimate of drug-likeness (QED) is 0.814. The van der Waals surface area contributed by atoms with Crippen molar-refractivity contribution in [3.63, 3.8) is 0 Å². The molecule has 2 N–H and O–H groups in total. The van der Waals surface area contributed by atoms with Crippen LogP contribution in [0.15, 0.2) is 36.4 Å². The molecule has 2 aromatic rings. The Morgan fingerprint density at radius 3 is 2.57 bits per heavy atom. The highest BCUT2D eigenvalue weighted by Gasteiger charge is 2.39. The smallest absolute Gasteiger partial charge is 0.347 e. The summed E-state index contributed by atoms with van der Waals surface area (Å²) in [7, 11) is 0. The largest absolute Gasteiger partial charge is 0.471 e. The van der Waals surface area contributed by atoms with Crippen LogP contribution in [0.2, 0.25) is 0 Å². The van der Waals surface area contributed by atoms with E-state index in [-0.39, 0.29) is 17.6 Å². The predicted molar refractivity (Wildman–Crippen MR) is 100 cm³/mol. The first-order chi connectivity index (χ1) is 13.3. The van der Waals surface area contributed by atoms with E-state index in [0.717, 1.165) is 26.1 Å². The lowest BCUT2D eigenvalue weighted by molar-refractivity contribution is -0.167. The normalized spacial score (nSPS) is 23.6. The number of benzene rings is 1. The van der Waals surface area contributed by atoms with E-state index in [1.807, 2.05) is 5.32 Å². The Hall–Kier alpha value is -2.39. The third-order valence-corrected chi connectivity index (χ3v) is 6.29. The topological polar surface area (TPSA) is 61.4 Å². The van der Waals surface area contributed by atoms with Crippen LogP contribution < -0.4 is 10.6 Å². The number of halogens is 3. The van der Waals surface area contributed by atoms with Gasteiger partial charge in [-0.3, -0.25) is 9.59 Å². The molecule has 3 heterocycles. The molecule has 148 valence electrons. The lowest BCUT2D eigenvalue weighted by Gasteiger charge is -2.22. The Morgan fingerprint density at radius 2 is 1.89 bits per heavy atom. The standard InChI is InChI=1S/C19H18F3N3O2S/c20-19(21,22)18(27)24-13-4-2-1-3-12(13)15-5-6-16(28-15)17(26)23-14-10-25-8-7-11(14)9-25/h1-6,11,14H,7-10H2,(H,23,26)(H,24,27)/t11-,14?/m0/s1. The van der Waals surface area contributed by atoms with Gasteiger partial charge in [-0.25, -0.2) is 0 Å². The van der Waals surface area contributed by atoms with Crippen LogP contribution >= 0.6 is 11.3 Å². The minimum Gasteiger partial charge on any atom is -0.347 e. The Balaban J connectivity index is 1.50. The number of hydrogen-bond acceptors (Lipinski definition) is 4. The molecule has 2 bridgehead atoms. The molecular weight excluding hydrogens is 391 g/mol. The second-order valence-corrected chi connectivity index (χ2v) is 8.13. The Morgan fingerprint density at radius 1 is 1.11 bits per heavy atom. The van der Waals surface area contributed by atoms with E-state index < -0.39 is 12.1 Å². The van der Waals surface area contributed by atoms with Gasteiger partial charge in [0, 0.05) is 35.3 Å². The van der Waals surface area contributed by atoms with E-state index in [4.69, 9.17) is 0 Å². The molecule has 9 heteroatoms. The number of amides is 2. The van der Waals surface area contributed by atoms with Crippen molar-refractivity contribution < 1.29 is 22.8 Å². The van der Waals surface area contributed by atoms with Crippen LogP contribution in [0.25, 0.3) is 10.4 Å². The average Bonchev–Trinajstić information content (AvgIpc) is 3.38. The van der Waals surface area contributed by atoms with Crippen molar-refractivity contribution in [2.75, 3.05) is 25.0 Å². The molecule has 2 fully saturated rings. The number of piperidine rings is 1. The molecule has 5 nitrogen and oxygen atoms in total. The molecule has 28 heavy (non-hydrogen) atoms. The molecule has 2 saturated heterocycles. The maximum atomic E-state index is 12.6. The highest BCUT2D eigenvalue weighted by Crippen LogP contribution is 2.35. The highest BCUT2D eigenvalue weighted by molar-refractivity contribution is 7.17. The molecule has 3 atom stereocenters. The number of carbonyl (C=O) groups is 2. The van der Waals surface area contributed by atoms with Gasteiger partial charge in [0.1, 0.15) is 0 Å². The van der Waals surface area contributed by atoms with Crippen molar-refractivity contribution in [2.45, 2.75) is 18.6 Å². The van der Waals surface area contributed by atoms with Crippen LogP contribution in [-0.4, -0.2) is 48.6 Å². The first-order valence-corrected chi connectivity index (χ1v) is 9.73. The summed E-state index contributed by atoms with van der Waals surface area (Å²) in [5, 5.41) is 4.97. The number of anilines is 1. The van der Waals surface area contributed by atoms with Crippen molar-refractivity contribution >= 4 is 28.8 Å². The van der Waals surface area contributed by atoms with Crippen molar-refractivity contribution in [3.8, 4) is 10.4 Å². The van der Waals surface area contributed by atoms with Gasteiger partial charge >= 0.3 is 12.1 Å². The molecule has 1 aromatic carbocycles. The SMILES string of the molecule is O=C(NC1CN2CC[C@H]1C2)c1ccc(-c2ccccc2NC(=O)C(F)(F)F)s1. The Bertz CT molecular complexity index is 912. The summed E-state index contributed by atoms with van der Waals surface area (Å²) < 4.78 is 37.7. The molecule has 0 saturated carbocycles. The molecule has 2 aliphatic heterocycles. The van der Waals surface area contributed by atoms with E-state index in [1.54, 1.807) is 30.3 Å². The molecule has 2 unspecified atom stereocenters. The van der Waals surface area contributed by atoms with E-state index in [9.17, 15) is 22.8 Å². The number of fused-ring (bicyclic) bond motifs is 2. The van der Waals surface area contributed by atoms with Crippen LogP contribution in [0, 0.1) is 5.92 Å². The van der Waals surface area contributed by atoms with Gasteiger partial charge in [-0.2, -0.15) is 13.2 Å². The summed E-state index contributed by atoms with van der Waals surface area (Å²) in [4.78, 5) is 27.3. The fourth-order valence-corrected chi connectivity index (χ4v) is 4.74. The summed E-state index contributed by atoms with van der Waals surface area (Å²) in [6, 6.07) is 9.71. The second kappa shape index (κ2) is 7.21. The van der Waals surface area contributed by atoms with Crippen LogP contribution in [0.4, 0.5) is 18.9 Å². The van der Waals surface area contributed by atoms with Crippen molar-refractivity contribution in [2.24, 2.45) is 5.92 Å². The third-order valence-electron chi connectivity index (χ3n) is 5.18. The fraction of sp³-hybridized carbons (Fsp3) is 0.368. The van der Waals surface area contributed by atoms with Gasteiger partial charge in [0.05, 0.1) is 4.88 Å². The van der Waals surface area contributed by atoms with Gasteiger partial charge in [0.25, 0.3) is 5.91 Å². The molecule has 0 spiro atoms. The van der Waals surface area contributed by atoms with E-state index in [1.165, 1.54) is 17.4 Å². The number of hydrogen-bond donors (Lipinski definition) is 2. The third kappa shape index (κ3) is 3.77. The number of nitrogens with one attached hydrogen (secondary N) is 2. The maximum absolute atomic E-state index is 12.6. The summed E-state index contributed by atoms with van der Waals surface area (Å²) >= 11 is 1.19. The number of para-hydroxylation sites is 1. The zero-order valence-electron chi connectivity index (χ0n) is 14.8.